The largest absolute Gasteiger partial charge is 0.468 e. The monoisotopic (exact) mass is 406 g/mol. The first kappa shape index (κ1) is 19.6. The third-order valence-electron chi connectivity index (χ3n) is 5.31. The Labute approximate surface area is 173 Å². The van der Waals surface area contributed by atoms with Crippen LogP contribution in [0.4, 0.5) is 0 Å². The van der Waals surface area contributed by atoms with Gasteiger partial charge in [-0.2, -0.15) is 0 Å². The fourth-order valence-electron chi connectivity index (χ4n) is 3.81. The number of allylic oxidation sites excluding steroid dienone is 1. The van der Waals surface area contributed by atoms with Crippen LogP contribution in [-0.4, -0.2) is 41.4 Å². The molecule has 1 aromatic heterocycles. The molecule has 0 fully saturated rings. The minimum absolute atomic E-state index is 0.145. The third kappa shape index (κ3) is 3.30. The van der Waals surface area contributed by atoms with E-state index in [9.17, 15) is 4.79 Å². The maximum Gasteiger partial charge on any atom is 0.338 e. The SMILES string of the molecule is COC(=O)C1=C(C)N=C(OC)N(C(C)c2ccccc2)C1c1ccc2nonc2c1. The Morgan fingerprint density at radius 1 is 1.10 bits per heavy atom. The minimum Gasteiger partial charge on any atom is -0.468 e. The standard InChI is InChI=1S/C22H22N4O4/c1-13-19(21(27)28-3)20(16-10-11-17-18(12-16)25-30-24-17)26(22(23-13)29-4)14(2)15-8-6-5-7-9-15/h5-12,14,20H,1-4H3. The molecule has 0 bridgehead atoms. The van der Waals surface area contributed by atoms with Crippen molar-refractivity contribution in [3.8, 4) is 0 Å². The summed E-state index contributed by atoms with van der Waals surface area (Å²) in [6, 6.07) is 15.3. The Morgan fingerprint density at radius 3 is 2.53 bits per heavy atom. The van der Waals surface area contributed by atoms with Gasteiger partial charge in [0.15, 0.2) is 0 Å². The van der Waals surface area contributed by atoms with Gasteiger partial charge in [-0.3, -0.25) is 0 Å². The average molecular weight is 406 g/mol. The van der Waals surface area contributed by atoms with Crippen molar-refractivity contribution >= 4 is 23.0 Å². The van der Waals surface area contributed by atoms with Crippen LogP contribution < -0.4 is 0 Å². The van der Waals surface area contributed by atoms with E-state index in [1.165, 1.54) is 7.11 Å². The lowest BCUT2D eigenvalue weighted by molar-refractivity contribution is -0.137. The summed E-state index contributed by atoms with van der Waals surface area (Å²) in [6.45, 7) is 3.82. The molecule has 3 aromatic rings. The van der Waals surface area contributed by atoms with E-state index in [1.807, 2.05) is 60.4 Å². The molecule has 2 aromatic carbocycles. The lowest BCUT2D eigenvalue weighted by Gasteiger charge is -2.41. The van der Waals surface area contributed by atoms with Crippen LogP contribution in [0.5, 0.6) is 0 Å². The summed E-state index contributed by atoms with van der Waals surface area (Å²) in [6.07, 6.45) is 0. The number of benzene rings is 2. The Hall–Kier alpha value is -3.68. The number of hydrogen-bond acceptors (Lipinski definition) is 8. The molecule has 0 saturated carbocycles. The van der Waals surface area contributed by atoms with E-state index in [0.29, 0.717) is 28.3 Å². The number of fused-ring (bicyclic) bond motifs is 1. The van der Waals surface area contributed by atoms with Gasteiger partial charge in [-0.05, 0) is 47.4 Å². The van der Waals surface area contributed by atoms with Crippen molar-refractivity contribution in [1.29, 1.82) is 0 Å². The van der Waals surface area contributed by atoms with Gasteiger partial charge in [0.2, 0.25) is 0 Å². The van der Waals surface area contributed by atoms with E-state index in [4.69, 9.17) is 14.1 Å². The highest BCUT2D eigenvalue weighted by Gasteiger charge is 2.40. The molecule has 0 saturated heterocycles. The number of hydrogen-bond donors (Lipinski definition) is 0. The molecular formula is C22H22N4O4. The van der Waals surface area contributed by atoms with Gasteiger partial charge in [0.25, 0.3) is 6.02 Å². The lowest BCUT2D eigenvalue weighted by Crippen LogP contribution is -2.43. The fraction of sp³-hybridized carbons (Fsp3) is 0.273. The number of amidine groups is 1. The quantitative estimate of drug-likeness (QED) is 0.609. The molecule has 1 aliphatic heterocycles. The zero-order valence-corrected chi connectivity index (χ0v) is 17.2. The van der Waals surface area contributed by atoms with Crippen LogP contribution in [0.3, 0.4) is 0 Å². The number of aromatic nitrogens is 2. The summed E-state index contributed by atoms with van der Waals surface area (Å²) in [4.78, 5) is 19.3. The molecule has 0 spiro atoms. The number of nitrogens with zero attached hydrogens (tertiary/aromatic N) is 4. The molecule has 30 heavy (non-hydrogen) atoms. The molecule has 2 unspecified atom stereocenters. The third-order valence-corrected chi connectivity index (χ3v) is 5.31. The van der Waals surface area contributed by atoms with Gasteiger partial charge in [0.1, 0.15) is 11.0 Å². The molecule has 0 radical (unpaired) electrons. The van der Waals surface area contributed by atoms with Crippen LogP contribution in [0.2, 0.25) is 0 Å². The summed E-state index contributed by atoms with van der Waals surface area (Å²) in [5.74, 6) is -0.444. The summed E-state index contributed by atoms with van der Waals surface area (Å²) in [7, 11) is 2.94. The zero-order valence-electron chi connectivity index (χ0n) is 17.2. The Balaban J connectivity index is 1.92. The Bertz CT molecular complexity index is 1140. The highest BCUT2D eigenvalue weighted by atomic mass is 16.6. The fourth-order valence-corrected chi connectivity index (χ4v) is 3.81. The van der Waals surface area contributed by atoms with E-state index in [-0.39, 0.29) is 6.04 Å². The first-order valence-electron chi connectivity index (χ1n) is 9.52. The van der Waals surface area contributed by atoms with Crippen molar-refractivity contribution in [2.75, 3.05) is 14.2 Å². The van der Waals surface area contributed by atoms with E-state index in [0.717, 1.165) is 11.1 Å². The number of esters is 1. The summed E-state index contributed by atoms with van der Waals surface area (Å²) < 4.78 is 15.6. The number of methoxy groups -OCH3 is 2. The van der Waals surface area contributed by atoms with Crippen molar-refractivity contribution in [2.24, 2.45) is 4.99 Å². The number of rotatable bonds is 4. The molecule has 2 atom stereocenters. The predicted octanol–water partition coefficient (Wildman–Crippen LogP) is 3.79. The molecule has 2 heterocycles. The van der Waals surface area contributed by atoms with E-state index < -0.39 is 12.0 Å². The number of carbonyl (C=O) groups excluding carboxylic acids is 1. The van der Waals surface area contributed by atoms with Gasteiger partial charge in [-0.15, -0.1) is 0 Å². The van der Waals surface area contributed by atoms with Crippen LogP contribution >= 0.6 is 0 Å². The second-order valence-corrected chi connectivity index (χ2v) is 7.00. The van der Waals surface area contributed by atoms with E-state index in [1.54, 1.807) is 14.0 Å². The van der Waals surface area contributed by atoms with Crippen molar-refractivity contribution in [1.82, 2.24) is 15.2 Å². The molecule has 0 aliphatic carbocycles. The second-order valence-electron chi connectivity index (χ2n) is 7.00. The van der Waals surface area contributed by atoms with Gasteiger partial charge in [0.05, 0.1) is 37.6 Å². The molecule has 0 amide bonds. The highest BCUT2D eigenvalue weighted by molar-refractivity contribution is 5.94. The van der Waals surface area contributed by atoms with Gasteiger partial charge in [0, 0.05) is 0 Å². The predicted molar refractivity (Wildman–Crippen MR) is 110 cm³/mol. The van der Waals surface area contributed by atoms with Crippen molar-refractivity contribution in [2.45, 2.75) is 25.9 Å². The van der Waals surface area contributed by atoms with Crippen molar-refractivity contribution < 1.29 is 18.9 Å². The van der Waals surface area contributed by atoms with Crippen LogP contribution in [0.15, 0.2) is 69.4 Å². The second kappa shape index (κ2) is 7.98. The van der Waals surface area contributed by atoms with E-state index in [2.05, 4.69) is 15.3 Å². The first-order chi connectivity index (χ1) is 14.5. The minimum atomic E-state index is -0.499. The summed E-state index contributed by atoms with van der Waals surface area (Å²) >= 11 is 0. The zero-order chi connectivity index (χ0) is 21.3. The van der Waals surface area contributed by atoms with Gasteiger partial charge in [-0.1, -0.05) is 36.4 Å². The van der Waals surface area contributed by atoms with Crippen LogP contribution in [-0.2, 0) is 14.3 Å². The highest BCUT2D eigenvalue weighted by Crippen LogP contribution is 2.41. The maximum atomic E-state index is 12.8. The van der Waals surface area contributed by atoms with Crippen LogP contribution in [0.25, 0.3) is 11.0 Å². The molecule has 154 valence electrons. The van der Waals surface area contributed by atoms with Gasteiger partial charge in [-0.25, -0.2) is 14.4 Å². The number of aliphatic imine (C=N–C) groups is 1. The van der Waals surface area contributed by atoms with Crippen LogP contribution in [0, 0.1) is 0 Å². The molecule has 0 N–H and O–H groups in total. The smallest absolute Gasteiger partial charge is 0.338 e. The van der Waals surface area contributed by atoms with Gasteiger partial charge < -0.3 is 14.4 Å². The maximum absolute atomic E-state index is 12.8. The van der Waals surface area contributed by atoms with Crippen molar-refractivity contribution in [3.05, 3.63) is 70.9 Å². The topological polar surface area (TPSA) is 90.1 Å². The van der Waals surface area contributed by atoms with E-state index >= 15 is 0 Å². The first-order valence-corrected chi connectivity index (χ1v) is 9.52. The van der Waals surface area contributed by atoms with Gasteiger partial charge >= 0.3 is 5.97 Å². The summed E-state index contributed by atoms with van der Waals surface area (Å²) in [5, 5.41) is 7.82. The summed E-state index contributed by atoms with van der Waals surface area (Å²) in [5.41, 5.74) is 4.10. The average Bonchev–Trinajstić information content (AvgIpc) is 3.25. The Morgan fingerprint density at radius 2 is 1.83 bits per heavy atom. The molecular weight excluding hydrogens is 384 g/mol. The Kier molecular flexibility index (Phi) is 5.22. The van der Waals surface area contributed by atoms with Crippen LogP contribution in [0.1, 0.15) is 37.1 Å². The normalized spacial score (nSPS) is 17.7. The molecule has 4 rings (SSSR count). The molecule has 8 nitrogen and oxygen atoms in total. The lowest BCUT2D eigenvalue weighted by atomic mass is 9.91. The molecule has 1 aliphatic rings. The number of ether oxygens (including phenoxy) is 2. The molecule has 8 heteroatoms. The number of carbonyl (C=O) groups is 1. The van der Waals surface area contributed by atoms with Crippen molar-refractivity contribution in [3.63, 3.8) is 0 Å².